The highest BCUT2D eigenvalue weighted by molar-refractivity contribution is 6.83. The number of ketones is 1. The zero-order valence-corrected chi connectivity index (χ0v) is 23.0. The van der Waals surface area contributed by atoms with Gasteiger partial charge in [-0.25, -0.2) is 0 Å². The SMILES string of the molecule is COC(=O)C/C(C)=C\C(CCC(=O)/C=C(/C)C#C[Si](C)(C)C)O[Si](C)(C)C(C)(C)C. The van der Waals surface area contributed by atoms with Crippen molar-refractivity contribution < 1.29 is 18.8 Å². The van der Waals surface area contributed by atoms with Gasteiger partial charge in [0.15, 0.2) is 14.1 Å². The molecular formula is C24H42O4Si2. The molecular weight excluding hydrogens is 408 g/mol. The van der Waals surface area contributed by atoms with Crippen molar-refractivity contribution in [1.29, 1.82) is 0 Å². The van der Waals surface area contributed by atoms with Crippen molar-refractivity contribution in [2.45, 2.75) is 97.8 Å². The van der Waals surface area contributed by atoms with Gasteiger partial charge in [-0.1, -0.05) is 58.0 Å². The quantitative estimate of drug-likeness (QED) is 0.141. The van der Waals surface area contributed by atoms with Crippen LogP contribution in [-0.4, -0.2) is 41.4 Å². The Morgan fingerprint density at radius 3 is 2.10 bits per heavy atom. The van der Waals surface area contributed by atoms with Crippen molar-refractivity contribution in [1.82, 2.24) is 0 Å². The predicted octanol–water partition coefficient (Wildman–Crippen LogP) is 6.06. The summed E-state index contributed by atoms with van der Waals surface area (Å²) in [4.78, 5) is 24.1. The number of carbonyl (C=O) groups is 2. The number of ether oxygens (including phenoxy) is 1. The normalized spacial score (nSPS) is 14.6. The highest BCUT2D eigenvalue weighted by Gasteiger charge is 2.38. The van der Waals surface area contributed by atoms with Crippen LogP contribution in [0.5, 0.6) is 0 Å². The fourth-order valence-electron chi connectivity index (χ4n) is 2.33. The lowest BCUT2D eigenvalue weighted by Crippen LogP contribution is -2.43. The molecule has 0 aromatic heterocycles. The molecule has 0 aromatic carbocycles. The second-order valence-electron chi connectivity index (χ2n) is 10.5. The first-order valence-corrected chi connectivity index (χ1v) is 17.0. The Labute approximate surface area is 186 Å². The Hall–Kier alpha value is -1.43. The van der Waals surface area contributed by atoms with E-state index in [4.69, 9.17) is 9.16 Å². The molecule has 30 heavy (non-hydrogen) atoms. The molecule has 0 N–H and O–H groups in total. The number of carbonyl (C=O) groups excluding carboxylic acids is 2. The second kappa shape index (κ2) is 11.8. The molecule has 0 saturated heterocycles. The lowest BCUT2D eigenvalue weighted by Gasteiger charge is -2.38. The van der Waals surface area contributed by atoms with Crippen LogP contribution in [0.4, 0.5) is 0 Å². The van der Waals surface area contributed by atoms with Crippen LogP contribution in [-0.2, 0) is 18.8 Å². The predicted molar refractivity (Wildman–Crippen MR) is 132 cm³/mol. The maximum Gasteiger partial charge on any atom is 0.309 e. The van der Waals surface area contributed by atoms with Crippen molar-refractivity contribution in [2.24, 2.45) is 0 Å². The molecule has 0 saturated carbocycles. The van der Waals surface area contributed by atoms with E-state index >= 15 is 0 Å². The minimum absolute atomic E-state index is 0.0558. The van der Waals surface area contributed by atoms with Crippen LogP contribution in [0.25, 0.3) is 0 Å². The van der Waals surface area contributed by atoms with Gasteiger partial charge in [0.1, 0.15) is 8.07 Å². The van der Waals surface area contributed by atoms with Gasteiger partial charge in [-0.05, 0) is 44.5 Å². The van der Waals surface area contributed by atoms with Crippen molar-refractivity contribution in [3.63, 3.8) is 0 Å². The minimum atomic E-state index is -2.03. The zero-order chi connectivity index (χ0) is 23.8. The van der Waals surface area contributed by atoms with Gasteiger partial charge in [-0.2, -0.15) is 0 Å². The fraction of sp³-hybridized carbons (Fsp3) is 0.667. The van der Waals surface area contributed by atoms with Gasteiger partial charge in [0, 0.05) is 12.0 Å². The smallest absolute Gasteiger partial charge is 0.309 e. The van der Waals surface area contributed by atoms with Crippen LogP contribution in [0.2, 0.25) is 37.8 Å². The molecule has 0 fully saturated rings. The van der Waals surface area contributed by atoms with Crippen LogP contribution < -0.4 is 0 Å². The molecule has 0 rings (SSSR count). The second-order valence-corrected chi connectivity index (χ2v) is 20.0. The first-order chi connectivity index (χ1) is 13.5. The molecule has 0 radical (unpaired) electrons. The number of hydrogen-bond donors (Lipinski definition) is 0. The third-order valence-corrected chi connectivity index (χ3v) is 10.4. The van der Waals surface area contributed by atoms with Gasteiger partial charge < -0.3 is 9.16 Å². The molecule has 6 heteroatoms. The highest BCUT2D eigenvalue weighted by Crippen LogP contribution is 2.38. The van der Waals surface area contributed by atoms with Gasteiger partial charge in [-0.3, -0.25) is 9.59 Å². The average molecular weight is 451 g/mol. The summed E-state index contributed by atoms with van der Waals surface area (Å²) in [5, 5.41) is 0.0578. The van der Waals surface area contributed by atoms with Gasteiger partial charge in [-0.15, -0.1) is 5.54 Å². The summed E-state index contributed by atoms with van der Waals surface area (Å²) in [6.07, 6.45) is 4.60. The van der Waals surface area contributed by atoms with Crippen LogP contribution in [0.3, 0.4) is 0 Å². The molecule has 4 nitrogen and oxygen atoms in total. The number of rotatable bonds is 9. The summed E-state index contributed by atoms with van der Waals surface area (Å²) >= 11 is 0. The molecule has 0 aliphatic rings. The van der Waals surface area contributed by atoms with E-state index in [0.717, 1.165) is 11.1 Å². The lowest BCUT2D eigenvalue weighted by atomic mass is 10.1. The largest absolute Gasteiger partial charge is 0.469 e. The van der Waals surface area contributed by atoms with Gasteiger partial charge in [0.2, 0.25) is 0 Å². The summed E-state index contributed by atoms with van der Waals surface area (Å²) in [6, 6.07) is 0. The Balaban J connectivity index is 5.38. The maximum atomic E-state index is 12.5. The van der Waals surface area contributed by atoms with Crippen molar-refractivity contribution in [3.05, 3.63) is 23.3 Å². The summed E-state index contributed by atoms with van der Waals surface area (Å²) in [7, 11) is -2.10. The summed E-state index contributed by atoms with van der Waals surface area (Å²) in [6.45, 7) is 21.3. The number of esters is 1. The van der Waals surface area contributed by atoms with Crippen LogP contribution in [0, 0.1) is 11.5 Å². The topological polar surface area (TPSA) is 52.6 Å². The third-order valence-electron chi connectivity index (χ3n) is 5.06. The standard InChI is InChI=1S/C24H42O4Si2/c1-19(14-15-29(7,8)9)16-21(25)12-13-22(17-20(2)18-23(26)27-6)28-30(10,11)24(3,4)5/h16-17,22H,12-13,18H2,1-11H3/b19-16-,20-17-. The number of allylic oxidation sites excluding steroid dienone is 2. The molecule has 170 valence electrons. The first-order valence-electron chi connectivity index (χ1n) is 10.6. The minimum Gasteiger partial charge on any atom is -0.469 e. The molecule has 0 amide bonds. The van der Waals surface area contributed by atoms with Gasteiger partial charge >= 0.3 is 5.97 Å². The van der Waals surface area contributed by atoms with Crippen LogP contribution in [0.15, 0.2) is 23.3 Å². The number of methoxy groups -OCH3 is 1. The highest BCUT2D eigenvalue weighted by atomic mass is 28.4. The fourth-order valence-corrected chi connectivity index (χ4v) is 4.20. The molecule has 0 heterocycles. The van der Waals surface area contributed by atoms with E-state index in [0.29, 0.717) is 12.8 Å². The molecule has 1 atom stereocenters. The van der Waals surface area contributed by atoms with Gasteiger partial charge in [0.05, 0.1) is 19.6 Å². The van der Waals surface area contributed by atoms with E-state index in [1.54, 1.807) is 6.08 Å². The monoisotopic (exact) mass is 450 g/mol. The van der Waals surface area contributed by atoms with E-state index in [1.165, 1.54) is 7.11 Å². The van der Waals surface area contributed by atoms with Crippen molar-refractivity contribution >= 4 is 28.1 Å². The molecule has 0 bridgehead atoms. The van der Waals surface area contributed by atoms with Crippen molar-refractivity contribution in [3.8, 4) is 11.5 Å². The van der Waals surface area contributed by atoms with E-state index in [1.807, 2.05) is 19.9 Å². The van der Waals surface area contributed by atoms with Gasteiger partial charge in [0.25, 0.3) is 0 Å². The maximum absolute atomic E-state index is 12.5. The Morgan fingerprint density at radius 2 is 1.63 bits per heavy atom. The van der Waals surface area contributed by atoms with E-state index < -0.39 is 16.4 Å². The van der Waals surface area contributed by atoms with Crippen LogP contribution >= 0.6 is 0 Å². The van der Waals surface area contributed by atoms with E-state index in [-0.39, 0.29) is 29.3 Å². The lowest BCUT2D eigenvalue weighted by molar-refractivity contribution is -0.139. The van der Waals surface area contributed by atoms with E-state index in [9.17, 15) is 9.59 Å². The van der Waals surface area contributed by atoms with Crippen molar-refractivity contribution in [2.75, 3.05) is 7.11 Å². The summed E-state index contributed by atoms with van der Waals surface area (Å²) in [5.74, 6) is 2.91. The molecule has 0 spiro atoms. The summed E-state index contributed by atoms with van der Waals surface area (Å²) < 4.78 is 11.3. The molecule has 1 unspecified atom stereocenters. The molecule has 0 aliphatic heterocycles. The van der Waals surface area contributed by atoms with Crippen LogP contribution in [0.1, 0.15) is 53.9 Å². The third kappa shape index (κ3) is 12.3. The molecule has 0 aliphatic carbocycles. The Morgan fingerprint density at radius 1 is 1.07 bits per heavy atom. The number of hydrogen-bond acceptors (Lipinski definition) is 4. The first kappa shape index (κ1) is 28.6. The average Bonchev–Trinajstić information content (AvgIpc) is 2.55. The molecule has 0 aromatic rings. The Kier molecular flexibility index (Phi) is 11.3. The zero-order valence-electron chi connectivity index (χ0n) is 21.0. The Bertz CT molecular complexity index is 723. The van der Waals surface area contributed by atoms with E-state index in [2.05, 4.69) is 65.0 Å². The summed E-state index contributed by atoms with van der Waals surface area (Å²) in [5.41, 5.74) is 4.99.